The molecule has 0 radical (unpaired) electrons. The second-order valence-corrected chi connectivity index (χ2v) is 9.88. The summed E-state index contributed by atoms with van der Waals surface area (Å²) in [4.78, 5) is 23.2. The Morgan fingerprint density at radius 2 is 1.49 bits per heavy atom. The van der Waals surface area contributed by atoms with E-state index in [1.807, 2.05) is 63.5 Å². The van der Waals surface area contributed by atoms with Gasteiger partial charge in [-0.1, -0.05) is 30.2 Å². The summed E-state index contributed by atoms with van der Waals surface area (Å²) >= 11 is 5.64. The molecule has 6 nitrogen and oxygen atoms in total. The van der Waals surface area contributed by atoms with Crippen molar-refractivity contribution in [1.29, 1.82) is 0 Å². The molecule has 0 N–H and O–H groups in total. The molecule has 2 heterocycles. The van der Waals surface area contributed by atoms with Crippen molar-refractivity contribution >= 4 is 23.5 Å². The molecule has 0 atom stereocenters. The molecule has 7 heteroatoms. The number of hydrogen-bond acceptors (Lipinski definition) is 5. The number of amides is 1. The van der Waals surface area contributed by atoms with Gasteiger partial charge in [-0.3, -0.25) is 4.90 Å². The molecule has 0 saturated carbocycles. The predicted molar refractivity (Wildman–Crippen MR) is 161 cm³/mol. The monoisotopic (exact) mass is 547 g/mol. The highest BCUT2D eigenvalue weighted by atomic mass is 35.5. The first-order valence-corrected chi connectivity index (χ1v) is 13.7. The summed E-state index contributed by atoms with van der Waals surface area (Å²) in [6.07, 6.45) is 7.88. The van der Waals surface area contributed by atoms with Gasteiger partial charge in [-0.2, -0.15) is 0 Å². The molecule has 0 unspecified atom stereocenters. The summed E-state index contributed by atoms with van der Waals surface area (Å²) in [5.41, 5.74) is 10.2. The number of rotatable bonds is 9. The Morgan fingerprint density at radius 1 is 0.923 bits per heavy atom. The molecule has 0 bridgehead atoms. The number of carbonyl (C=O) groups excluding carboxylic acids is 1. The zero-order valence-corrected chi connectivity index (χ0v) is 24.9. The lowest BCUT2D eigenvalue weighted by atomic mass is 9.84. The van der Waals surface area contributed by atoms with Crippen molar-refractivity contribution in [2.75, 3.05) is 17.5 Å². The van der Waals surface area contributed by atoms with Gasteiger partial charge in [0.05, 0.1) is 0 Å². The Bertz CT molecular complexity index is 1340. The van der Waals surface area contributed by atoms with Crippen molar-refractivity contribution in [3.63, 3.8) is 0 Å². The number of allylic oxidation sites excluding steroid dienone is 3. The minimum atomic E-state index is -0.534. The van der Waals surface area contributed by atoms with E-state index in [-0.39, 0.29) is 6.07 Å². The smallest absolute Gasteiger partial charge is 0.416 e. The van der Waals surface area contributed by atoms with Gasteiger partial charge in [0.25, 0.3) is 0 Å². The maximum atomic E-state index is 12.5. The molecule has 2 aromatic heterocycles. The fourth-order valence-electron chi connectivity index (χ4n) is 4.59. The minimum Gasteiger partial charge on any atom is -0.444 e. The van der Waals surface area contributed by atoms with Crippen LogP contribution in [0.3, 0.4) is 0 Å². The lowest BCUT2D eigenvalue weighted by molar-refractivity contribution is 0.172. The van der Waals surface area contributed by atoms with Gasteiger partial charge >= 0.3 is 6.09 Å². The fraction of sp³-hybridized carbons (Fsp3) is 0.344. The van der Waals surface area contributed by atoms with Gasteiger partial charge in [-0.05, 0) is 106 Å². The van der Waals surface area contributed by atoms with Crippen LogP contribution in [0.25, 0.3) is 22.3 Å². The van der Waals surface area contributed by atoms with E-state index in [9.17, 15) is 4.79 Å². The number of alkyl halides is 1. The fourth-order valence-corrected chi connectivity index (χ4v) is 4.68. The largest absolute Gasteiger partial charge is 0.444 e. The van der Waals surface area contributed by atoms with Crippen molar-refractivity contribution < 1.29 is 14.3 Å². The summed E-state index contributed by atoms with van der Waals surface area (Å²) in [5, 5.41) is 0. The highest BCUT2D eigenvalue weighted by Crippen LogP contribution is 2.39. The molecule has 0 aliphatic rings. The number of anilines is 1. The Hall–Kier alpha value is -3.64. The van der Waals surface area contributed by atoms with Gasteiger partial charge in [-0.15, -0.1) is 0 Å². The van der Waals surface area contributed by atoms with Crippen molar-refractivity contribution in [1.82, 2.24) is 9.97 Å². The molecule has 0 saturated heterocycles. The molecular formula is C32H38ClN3O3. The van der Waals surface area contributed by atoms with Crippen molar-refractivity contribution in [3.8, 4) is 28.1 Å². The predicted octanol–water partition coefficient (Wildman–Crippen LogP) is 8.84. The average molecular weight is 548 g/mol. The molecule has 0 aliphatic carbocycles. The zero-order chi connectivity index (χ0) is 28.7. The number of halogens is 1. The lowest BCUT2D eigenvalue weighted by Gasteiger charge is -2.22. The minimum absolute atomic E-state index is 0.216. The molecule has 3 rings (SSSR count). The van der Waals surface area contributed by atoms with Crippen LogP contribution in [-0.2, 0) is 4.74 Å². The van der Waals surface area contributed by atoms with Gasteiger partial charge in [0, 0.05) is 42.6 Å². The Balaban J connectivity index is 1.99. The van der Waals surface area contributed by atoms with Crippen LogP contribution in [0.5, 0.6) is 5.88 Å². The van der Waals surface area contributed by atoms with Crippen LogP contribution in [0, 0.1) is 27.7 Å². The number of benzene rings is 1. The summed E-state index contributed by atoms with van der Waals surface area (Å²) in [6.45, 7) is 16.9. The van der Waals surface area contributed by atoms with E-state index < -0.39 is 6.09 Å². The Labute approximate surface area is 237 Å². The average Bonchev–Trinajstić information content (AvgIpc) is 2.92. The summed E-state index contributed by atoms with van der Waals surface area (Å²) < 4.78 is 10.9. The Morgan fingerprint density at radius 3 is 1.90 bits per heavy atom. The van der Waals surface area contributed by atoms with E-state index in [0.29, 0.717) is 18.2 Å². The molecule has 3 aromatic rings. The second kappa shape index (κ2) is 13.4. The van der Waals surface area contributed by atoms with Crippen LogP contribution in [0.1, 0.15) is 56.4 Å². The van der Waals surface area contributed by atoms with Crippen LogP contribution < -0.4 is 9.64 Å². The highest BCUT2D eigenvalue weighted by Gasteiger charge is 2.20. The molecule has 206 valence electrons. The van der Waals surface area contributed by atoms with E-state index in [4.69, 9.17) is 21.1 Å². The van der Waals surface area contributed by atoms with E-state index >= 15 is 0 Å². The molecule has 1 aromatic carbocycles. The molecule has 0 aliphatic heterocycles. The van der Waals surface area contributed by atoms with E-state index in [0.717, 1.165) is 34.4 Å². The van der Waals surface area contributed by atoms with Crippen LogP contribution in [0.15, 0.2) is 60.1 Å². The quantitative estimate of drug-likeness (QED) is 0.152. The van der Waals surface area contributed by atoms with Crippen molar-refractivity contribution in [2.24, 2.45) is 0 Å². The van der Waals surface area contributed by atoms with Crippen molar-refractivity contribution in [2.45, 2.75) is 61.8 Å². The van der Waals surface area contributed by atoms with Crippen LogP contribution in [0.2, 0.25) is 0 Å². The van der Waals surface area contributed by atoms with E-state index in [2.05, 4.69) is 50.7 Å². The van der Waals surface area contributed by atoms with Crippen LogP contribution in [0.4, 0.5) is 10.6 Å². The topological polar surface area (TPSA) is 64.5 Å². The number of aromatic nitrogens is 2. The van der Waals surface area contributed by atoms with Gasteiger partial charge in [0.15, 0.2) is 6.07 Å². The summed E-state index contributed by atoms with van der Waals surface area (Å²) in [7, 11) is 0. The van der Waals surface area contributed by atoms with Crippen molar-refractivity contribution in [3.05, 3.63) is 82.4 Å². The number of carbonyl (C=O) groups is 1. The second-order valence-electron chi connectivity index (χ2n) is 9.66. The Kier molecular flexibility index (Phi) is 10.3. The normalized spacial score (nSPS) is 11.3. The summed E-state index contributed by atoms with van der Waals surface area (Å²) in [6, 6.07) is 7.62. The first kappa shape index (κ1) is 29.9. The maximum Gasteiger partial charge on any atom is 0.416 e. The first-order valence-electron chi connectivity index (χ1n) is 13.1. The third kappa shape index (κ3) is 6.87. The number of pyridine rings is 2. The number of ether oxygens (including phenoxy) is 2. The lowest BCUT2D eigenvalue weighted by Crippen LogP contribution is -2.32. The molecular weight excluding hydrogens is 510 g/mol. The first-order chi connectivity index (χ1) is 18.6. The third-order valence-electron chi connectivity index (χ3n) is 6.95. The highest BCUT2D eigenvalue weighted by molar-refractivity contribution is 6.17. The van der Waals surface area contributed by atoms with Crippen LogP contribution in [-0.4, -0.2) is 28.7 Å². The van der Waals surface area contributed by atoms with Gasteiger partial charge in [0.1, 0.15) is 11.6 Å². The van der Waals surface area contributed by atoms with Gasteiger partial charge < -0.3 is 9.47 Å². The van der Waals surface area contributed by atoms with Crippen LogP contribution >= 0.6 is 11.6 Å². The maximum absolute atomic E-state index is 12.5. The SMILES string of the molecule is CC=C(CC)Oc1ccc(-c2c(C)c(C)c(-c3ccc(N(CC=C(C)C)C(=O)OCCl)nc3)c(C)c2C)cn1. The molecule has 0 fully saturated rings. The van der Waals surface area contributed by atoms with Gasteiger partial charge in [0.2, 0.25) is 5.88 Å². The van der Waals surface area contributed by atoms with E-state index in [1.54, 1.807) is 0 Å². The van der Waals surface area contributed by atoms with Gasteiger partial charge in [-0.25, -0.2) is 14.8 Å². The van der Waals surface area contributed by atoms with E-state index in [1.165, 1.54) is 32.7 Å². The standard InChI is InChI=1S/C32H38ClN3O3/c1-9-27(10-2)39-29-14-12-26(18-35-29)31-23(7)21(5)30(22(6)24(31)8)25-11-13-28(34-17-25)36(16-15-20(3)4)32(37)38-19-33/h9,11-15,17-18H,10,16,19H2,1-8H3. The summed E-state index contributed by atoms with van der Waals surface area (Å²) in [5.74, 6) is 1.99. The number of hydrogen-bond donors (Lipinski definition) is 0. The molecule has 1 amide bonds. The third-order valence-corrected chi connectivity index (χ3v) is 7.06. The zero-order valence-electron chi connectivity index (χ0n) is 24.2. The molecule has 0 spiro atoms. The molecule has 39 heavy (non-hydrogen) atoms. The number of nitrogens with zero attached hydrogens (tertiary/aromatic N) is 3.